The third kappa shape index (κ3) is 6.32. The van der Waals surface area contributed by atoms with Crippen LogP contribution in [0.3, 0.4) is 0 Å². The van der Waals surface area contributed by atoms with Crippen molar-refractivity contribution in [3.05, 3.63) is 41.0 Å². The van der Waals surface area contributed by atoms with E-state index in [0.29, 0.717) is 10.4 Å². The van der Waals surface area contributed by atoms with Crippen molar-refractivity contribution in [1.29, 1.82) is 0 Å². The van der Waals surface area contributed by atoms with Crippen molar-refractivity contribution in [3.8, 4) is 0 Å². The topological polar surface area (TPSA) is 65.2 Å². The summed E-state index contributed by atoms with van der Waals surface area (Å²) in [5.41, 5.74) is 3.79. The number of primary amides is 1. The fourth-order valence-electron chi connectivity index (χ4n) is 1.59. The Labute approximate surface area is 136 Å². The number of carbonyl (C=O) groups excluding carboxylic acids is 1. The Morgan fingerprint density at radius 1 is 1.22 bits per heavy atom. The molecule has 126 valence electrons. The molecule has 4 nitrogen and oxygen atoms in total. The minimum atomic E-state index is -4.35. The van der Waals surface area contributed by atoms with Crippen molar-refractivity contribution in [2.75, 3.05) is 0 Å². The summed E-state index contributed by atoms with van der Waals surface area (Å²) in [7, 11) is 0. The molecule has 0 unspecified atom stereocenters. The summed E-state index contributed by atoms with van der Waals surface area (Å²) < 4.78 is 41.6. The van der Waals surface area contributed by atoms with Crippen LogP contribution in [0.1, 0.15) is 26.3 Å². The number of ether oxygens (including phenoxy) is 1. The van der Waals surface area contributed by atoms with Crippen molar-refractivity contribution in [2.24, 2.45) is 5.73 Å². The first-order chi connectivity index (χ1) is 10.4. The minimum absolute atomic E-state index is 0.248. The van der Waals surface area contributed by atoms with E-state index in [4.69, 9.17) is 17.3 Å². The first kappa shape index (κ1) is 19.0. The highest BCUT2D eigenvalue weighted by Gasteiger charge is 2.30. The quantitative estimate of drug-likeness (QED) is 0.744. The zero-order valence-corrected chi connectivity index (χ0v) is 13.5. The SMILES string of the molecule is CC(C)(C)OC(N)=O.FC(F)(F)c1ccc2c(Cl)ccnc2c1. The van der Waals surface area contributed by atoms with Gasteiger partial charge in [-0.1, -0.05) is 17.7 Å². The number of amides is 1. The lowest BCUT2D eigenvalue weighted by atomic mass is 10.1. The van der Waals surface area contributed by atoms with Crippen LogP contribution in [0.25, 0.3) is 10.9 Å². The number of pyridine rings is 1. The predicted octanol–water partition coefficient (Wildman–Crippen LogP) is 4.79. The Morgan fingerprint density at radius 2 is 1.83 bits per heavy atom. The zero-order valence-electron chi connectivity index (χ0n) is 12.7. The fourth-order valence-corrected chi connectivity index (χ4v) is 1.81. The summed E-state index contributed by atoms with van der Waals surface area (Å²) in [6.45, 7) is 5.28. The maximum absolute atomic E-state index is 12.4. The normalized spacial score (nSPS) is 11.6. The lowest BCUT2D eigenvalue weighted by Gasteiger charge is -2.16. The molecule has 2 aromatic rings. The van der Waals surface area contributed by atoms with Gasteiger partial charge >= 0.3 is 12.3 Å². The van der Waals surface area contributed by atoms with Crippen molar-refractivity contribution in [2.45, 2.75) is 32.5 Å². The van der Waals surface area contributed by atoms with Gasteiger partial charge in [0.25, 0.3) is 0 Å². The molecular weight excluding hydrogens is 333 g/mol. The highest BCUT2D eigenvalue weighted by Crippen LogP contribution is 2.32. The van der Waals surface area contributed by atoms with Crippen LogP contribution in [0, 0.1) is 0 Å². The Balaban J connectivity index is 0.000000284. The number of alkyl halides is 3. The van der Waals surface area contributed by atoms with Gasteiger partial charge in [-0.15, -0.1) is 0 Å². The number of fused-ring (bicyclic) bond motifs is 1. The third-order valence-electron chi connectivity index (χ3n) is 2.42. The van der Waals surface area contributed by atoms with E-state index in [1.54, 1.807) is 20.8 Å². The van der Waals surface area contributed by atoms with Gasteiger partial charge in [0.15, 0.2) is 0 Å². The minimum Gasteiger partial charge on any atom is -0.444 e. The van der Waals surface area contributed by atoms with Crippen molar-refractivity contribution in [3.63, 3.8) is 0 Å². The number of hydrogen-bond donors (Lipinski definition) is 1. The molecule has 1 aromatic carbocycles. The summed E-state index contributed by atoms with van der Waals surface area (Å²) in [5, 5.41) is 0.917. The molecule has 0 radical (unpaired) electrons. The van der Waals surface area contributed by atoms with E-state index in [1.165, 1.54) is 18.3 Å². The molecule has 0 aliphatic carbocycles. The number of nitrogens with two attached hydrogens (primary N) is 1. The third-order valence-corrected chi connectivity index (χ3v) is 2.75. The molecule has 1 amide bonds. The fraction of sp³-hybridized carbons (Fsp3) is 0.333. The Morgan fingerprint density at radius 3 is 2.26 bits per heavy atom. The van der Waals surface area contributed by atoms with Gasteiger partial charge in [-0.05, 0) is 39.0 Å². The predicted molar refractivity (Wildman–Crippen MR) is 82.2 cm³/mol. The molecular formula is C15H16ClF3N2O2. The van der Waals surface area contributed by atoms with E-state index in [1.807, 2.05) is 0 Å². The number of hydrogen-bond acceptors (Lipinski definition) is 3. The number of benzene rings is 1. The molecule has 8 heteroatoms. The van der Waals surface area contributed by atoms with E-state index in [0.717, 1.165) is 12.1 Å². The van der Waals surface area contributed by atoms with Crippen LogP contribution in [0.4, 0.5) is 18.0 Å². The van der Waals surface area contributed by atoms with Gasteiger partial charge in [-0.2, -0.15) is 13.2 Å². The summed E-state index contributed by atoms with van der Waals surface area (Å²) in [4.78, 5) is 13.8. The van der Waals surface area contributed by atoms with Crippen molar-refractivity contribution >= 4 is 28.6 Å². The first-order valence-corrected chi connectivity index (χ1v) is 6.88. The second-order valence-corrected chi connectivity index (χ2v) is 5.96. The molecule has 1 aromatic heterocycles. The summed E-state index contributed by atoms with van der Waals surface area (Å²) in [6, 6.07) is 4.85. The maximum atomic E-state index is 12.4. The van der Waals surface area contributed by atoms with Gasteiger partial charge in [0, 0.05) is 11.6 Å². The van der Waals surface area contributed by atoms with Crippen molar-refractivity contribution < 1.29 is 22.7 Å². The van der Waals surface area contributed by atoms with E-state index >= 15 is 0 Å². The van der Waals surface area contributed by atoms with Crippen LogP contribution in [0.15, 0.2) is 30.5 Å². The second kappa shape index (κ2) is 7.04. The summed E-state index contributed by atoms with van der Waals surface area (Å²) in [6.07, 6.45) is -3.69. The van der Waals surface area contributed by atoms with Crippen LogP contribution in [-0.4, -0.2) is 16.7 Å². The highest BCUT2D eigenvalue weighted by atomic mass is 35.5. The average molecular weight is 349 g/mol. The van der Waals surface area contributed by atoms with Gasteiger partial charge in [0.1, 0.15) is 5.60 Å². The Bertz CT molecular complexity index is 697. The standard InChI is InChI=1S/C10H5ClF3N.C5H11NO2/c11-8-3-4-15-9-5-6(10(12,13)14)1-2-7(8)9;1-5(2,3)8-4(6)7/h1-5H;1-3H3,(H2,6,7). The molecule has 0 fully saturated rings. The molecule has 1 heterocycles. The molecule has 2 rings (SSSR count). The van der Waals surface area contributed by atoms with E-state index in [9.17, 15) is 18.0 Å². The van der Waals surface area contributed by atoms with Crippen LogP contribution in [0.5, 0.6) is 0 Å². The molecule has 0 aliphatic heterocycles. The Hall–Kier alpha value is -2.02. The first-order valence-electron chi connectivity index (χ1n) is 6.50. The van der Waals surface area contributed by atoms with Gasteiger partial charge in [0.2, 0.25) is 0 Å². The van der Waals surface area contributed by atoms with Gasteiger partial charge in [-0.3, -0.25) is 4.98 Å². The number of carbonyl (C=O) groups is 1. The van der Waals surface area contributed by atoms with Crippen molar-refractivity contribution in [1.82, 2.24) is 4.98 Å². The number of rotatable bonds is 0. The summed E-state index contributed by atoms with van der Waals surface area (Å²) in [5.74, 6) is 0. The summed E-state index contributed by atoms with van der Waals surface area (Å²) >= 11 is 5.80. The van der Waals surface area contributed by atoms with E-state index in [-0.39, 0.29) is 5.52 Å². The van der Waals surface area contributed by atoms with Crippen LogP contribution in [0.2, 0.25) is 5.02 Å². The molecule has 0 atom stereocenters. The van der Waals surface area contributed by atoms with Gasteiger partial charge in [-0.25, -0.2) is 4.79 Å². The molecule has 0 aliphatic rings. The van der Waals surface area contributed by atoms with E-state index < -0.39 is 23.4 Å². The molecule has 0 spiro atoms. The highest BCUT2D eigenvalue weighted by molar-refractivity contribution is 6.35. The molecule has 2 N–H and O–H groups in total. The number of nitrogens with zero attached hydrogens (tertiary/aromatic N) is 1. The maximum Gasteiger partial charge on any atom is 0.416 e. The Kier molecular flexibility index (Phi) is 5.82. The van der Waals surface area contributed by atoms with Gasteiger partial charge in [0.05, 0.1) is 16.1 Å². The molecule has 0 bridgehead atoms. The van der Waals surface area contributed by atoms with E-state index in [2.05, 4.69) is 9.72 Å². The molecule has 0 saturated heterocycles. The van der Waals surface area contributed by atoms with Crippen LogP contribution < -0.4 is 5.73 Å². The second-order valence-electron chi connectivity index (χ2n) is 5.56. The molecule has 23 heavy (non-hydrogen) atoms. The average Bonchev–Trinajstić information content (AvgIpc) is 2.35. The molecule has 0 saturated carbocycles. The monoisotopic (exact) mass is 348 g/mol. The van der Waals surface area contributed by atoms with Crippen LogP contribution >= 0.6 is 11.6 Å². The number of halogens is 4. The lowest BCUT2D eigenvalue weighted by molar-refractivity contribution is -0.137. The largest absolute Gasteiger partial charge is 0.444 e. The lowest BCUT2D eigenvalue weighted by Crippen LogP contribution is -2.27. The van der Waals surface area contributed by atoms with Crippen LogP contribution in [-0.2, 0) is 10.9 Å². The number of aromatic nitrogens is 1. The zero-order chi connectivity index (χ0) is 17.8. The van der Waals surface area contributed by atoms with Gasteiger partial charge < -0.3 is 10.5 Å². The smallest absolute Gasteiger partial charge is 0.416 e.